The molecule has 1 heterocycles. The van der Waals surface area contributed by atoms with E-state index in [0.717, 1.165) is 6.29 Å². The molecule has 2 N–H and O–H groups in total. The van der Waals surface area contributed by atoms with Crippen molar-refractivity contribution in [1.29, 1.82) is 0 Å². The van der Waals surface area contributed by atoms with Crippen molar-refractivity contribution >= 4 is 45.0 Å². The van der Waals surface area contributed by atoms with Crippen molar-refractivity contribution in [3.63, 3.8) is 0 Å². The number of aryl methyl sites for hydroxylation is 1. The number of aromatic nitrogens is 1. The predicted molar refractivity (Wildman–Crippen MR) is 85.9 cm³/mol. The van der Waals surface area contributed by atoms with Gasteiger partial charge in [-0.3, -0.25) is 0 Å². The summed E-state index contributed by atoms with van der Waals surface area (Å²) in [5.41, 5.74) is 7.41. The summed E-state index contributed by atoms with van der Waals surface area (Å²) in [6.07, 6.45) is 2.29. The van der Waals surface area contributed by atoms with Gasteiger partial charge in [0.2, 0.25) is 0 Å². The van der Waals surface area contributed by atoms with Crippen LogP contribution in [0.5, 0.6) is 0 Å². The van der Waals surface area contributed by atoms with E-state index in [0.29, 0.717) is 22.5 Å². The summed E-state index contributed by atoms with van der Waals surface area (Å²) in [5.74, 6) is 0.0146. The van der Waals surface area contributed by atoms with Crippen molar-refractivity contribution in [2.75, 3.05) is 5.73 Å². The van der Waals surface area contributed by atoms with E-state index in [2.05, 4.69) is 20.9 Å². The maximum Gasteiger partial charge on any atom is 0.145 e. The molecular formula is C14H13Br2FN2O. The van der Waals surface area contributed by atoms with Gasteiger partial charge < -0.3 is 10.5 Å². The SMILES string of the molecule is Br.Cc1cc(C(Br)(C=O)c2ccnc(N)c2)ccc1F. The second kappa shape index (κ2) is 6.45. The number of nitrogens with zero attached hydrogens (tertiary/aromatic N) is 1. The lowest BCUT2D eigenvalue weighted by Crippen LogP contribution is -2.22. The second-order valence-electron chi connectivity index (χ2n) is 4.26. The lowest BCUT2D eigenvalue weighted by atomic mass is 9.92. The maximum absolute atomic E-state index is 13.3. The van der Waals surface area contributed by atoms with Crippen LogP contribution in [0.2, 0.25) is 0 Å². The quantitative estimate of drug-likeness (QED) is 0.630. The number of benzene rings is 1. The van der Waals surface area contributed by atoms with E-state index in [-0.39, 0.29) is 22.8 Å². The summed E-state index contributed by atoms with van der Waals surface area (Å²) in [5, 5.41) is 0. The lowest BCUT2D eigenvalue weighted by molar-refractivity contribution is -0.109. The maximum atomic E-state index is 13.3. The average Bonchev–Trinajstić information content (AvgIpc) is 2.41. The zero-order valence-electron chi connectivity index (χ0n) is 10.6. The smallest absolute Gasteiger partial charge is 0.145 e. The van der Waals surface area contributed by atoms with E-state index in [1.165, 1.54) is 12.3 Å². The molecule has 0 spiro atoms. The van der Waals surface area contributed by atoms with Gasteiger partial charge in [-0.25, -0.2) is 9.37 Å². The van der Waals surface area contributed by atoms with Gasteiger partial charge in [0.1, 0.15) is 22.2 Å². The molecule has 0 amide bonds. The normalized spacial score (nSPS) is 13.2. The first-order chi connectivity index (χ1) is 8.97. The van der Waals surface area contributed by atoms with Crippen molar-refractivity contribution in [2.24, 2.45) is 0 Å². The van der Waals surface area contributed by atoms with Gasteiger partial charge in [0.15, 0.2) is 0 Å². The molecule has 0 bridgehead atoms. The van der Waals surface area contributed by atoms with Gasteiger partial charge in [0, 0.05) is 6.20 Å². The monoisotopic (exact) mass is 402 g/mol. The number of alkyl halides is 1. The Kier molecular flexibility index (Phi) is 5.42. The third-order valence-electron chi connectivity index (χ3n) is 2.94. The van der Waals surface area contributed by atoms with Crippen LogP contribution in [0.25, 0.3) is 0 Å². The third-order valence-corrected chi connectivity index (χ3v) is 4.04. The van der Waals surface area contributed by atoms with Crippen molar-refractivity contribution in [2.45, 2.75) is 11.2 Å². The molecule has 1 unspecified atom stereocenters. The number of carbonyl (C=O) groups excluding carboxylic acids is 1. The summed E-state index contributed by atoms with van der Waals surface area (Å²) in [4.78, 5) is 15.4. The topological polar surface area (TPSA) is 56.0 Å². The molecule has 0 saturated carbocycles. The predicted octanol–water partition coefficient (Wildman–Crippen LogP) is 3.53. The number of nitrogen functional groups attached to an aromatic ring is 1. The largest absolute Gasteiger partial charge is 0.384 e. The highest BCUT2D eigenvalue weighted by molar-refractivity contribution is 9.10. The van der Waals surface area contributed by atoms with Crippen molar-refractivity contribution < 1.29 is 9.18 Å². The molecule has 2 rings (SSSR count). The van der Waals surface area contributed by atoms with Gasteiger partial charge in [-0.2, -0.15) is 0 Å². The molecule has 3 nitrogen and oxygen atoms in total. The van der Waals surface area contributed by atoms with E-state index in [1.54, 1.807) is 31.2 Å². The first-order valence-corrected chi connectivity index (χ1v) is 6.40. The number of anilines is 1. The Morgan fingerprint density at radius 1 is 1.30 bits per heavy atom. The van der Waals surface area contributed by atoms with Crippen LogP contribution in [0.15, 0.2) is 36.5 Å². The van der Waals surface area contributed by atoms with Crippen LogP contribution in [0, 0.1) is 12.7 Å². The van der Waals surface area contributed by atoms with Gasteiger partial charge in [-0.1, -0.05) is 28.1 Å². The number of pyridine rings is 1. The first kappa shape index (κ1) is 16.8. The molecule has 2 aromatic rings. The van der Waals surface area contributed by atoms with Gasteiger partial charge in [-0.15, -0.1) is 17.0 Å². The fourth-order valence-electron chi connectivity index (χ4n) is 1.85. The van der Waals surface area contributed by atoms with Crippen LogP contribution < -0.4 is 5.73 Å². The van der Waals surface area contributed by atoms with E-state index in [4.69, 9.17) is 5.73 Å². The fraction of sp³-hybridized carbons (Fsp3) is 0.143. The molecule has 20 heavy (non-hydrogen) atoms. The minimum atomic E-state index is -1.05. The molecule has 1 aromatic heterocycles. The van der Waals surface area contributed by atoms with E-state index < -0.39 is 4.32 Å². The Morgan fingerprint density at radius 2 is 1.95 bits per heavy atom. The van der Waals surface area contributed by atoms with Gasteiger partial charge in [0.25, 0.3) is 0 Å². The van der Waals surface area contributed by atoms with Crippen LogP contribution in [0.3, 0.4) is 0 Å². The Bertz CT molecular complexity index is 636. The van der Waals surface area contributed by atoms with Gasteiger partial charge in [-0.05, 0) is 41.8 Å². The van der Waals surface area contributed by atoms with Gasteiger partial charge in [0.05, 0.1) is 0 Å². The summed E-state index contributed by atoms with van der Waals surface area (Å²) in [6, 6.07) is 7.85. The Hall–Kier alpha value is -1.27. The molecule has 0 radical (unpaired) electrons. The first-order valence-electron chi connectivity index (χ1n) is 5.61. The summed E-state index contributed by atoms with van der Waals surface area (Å²) in [7, 11) is 0. The summed E-state index contributed by atoms with van der Waals surface area (Å²) >= 11 is 3.42. The third kappa shape index (κ3) is 3.07. The zero-order valence-corrected chi connectivity index (χ0v) is 13.9. The van der Waals surface area contributed by atoms with Crippen molar-refractivity contribution in [3.8, 4) is 0 Å². The molecule has 0 aliphatic carbocycles. The van der Waals surface area contributed by atoms with Crippen LogP contribution in [-0.4, -0.2) is 11.3 Å². The highest BCUT2D eigenvalue weighted by atomic mass is 79.9. The Labute approximate surface area is 135 Å². The molecule has 6 heteroatoms. The molecule has 1 aromatic carbocycles. The Morgan fingerprint density at radius 3 is 2.50 bits per heavy atom. The van der Waals surface area contributed by atoms with Crippen LogP contribution >= 0.6 is 32.9 Å². The Balaban J connectivity index is 0.00000200. The summed E-state index contributed by atoms with van der Waals surface area (Å²) < 4.78 is 12.3. The molecule has 0 aliphatic rings. The molecule has 0 fully saturated rings. The second-order valence-corrected chi connectivity index (χ2v) is 5.51. The standard InChI is InChI=1S/C14H12BrFN2O.BrH/c1-9-6-10(2-3-12(9)16)14(15,8-19)11-4-5-18-13(17)7-11;/h2-8H,1H3,(H2,17,18);1H. The molecule has 0 aliphatic heterocycles. The highest BCUT2D eigenvalue weighted by Crippen LogP contribution is 2.37. The van der Waals surface area contributed by atoms with Crippen molar-refractivity contribution in [1.82, 2.24) is 4.98 Å². The zero-order chi connectivity index (χ0) is 14.0. The van der Waals surface area contributed by atoms with Crippen LogP contribution in [-0.2, 0) is 9.12 Å². The van der Waals surface area contributed by atoms with Crippen LogP contribution in [0.1, 0.15) is 16.7 Å². The average molecular weight is 404 g/mol. The molecule has 1 atom stereocenters. The van der Waals surface area contributed by atoms with Crippen molar-refractivity contribution in [3.05, 3.63) is 59.0 Å². The number of carbonyl (C=O) groups is 1. The number of rotatable bonds is 3. The van der Waals surface area contributed by atoms with E-state index in [1.807, 2.05) is 0 Å². The molecule has 106 valence electrons. The van der Waals surface area contributed by atoms with E-state index in [9.17, 15) is 9.18 Å². The minimum Gasteiger partial charge on any atom is -0.384 e. The minimum absolute atomic E-state index is 0. The lowest BCUT2D eigenvalue weighted by Gasteiger charge is -2.22. The number of hydrogen-bond donors (Lipinski definition) is 1. The number of hydrogen-bond acceptors (Lipinski definition) is 3. The number of halogens is 3. The number of nitrogens with two attached hydrogens (primary N) is 1. The summed E-state index contributed by atoms with van der Waals surface area (Å²) in [6.45, 7) is 1.65. The fourth-order valence-corrected chi connectivity index (χ4v) is 2.34. The highest BCUT2D eigenvalue weighted by Gasteiger charge is 2.31. The molecule has 0 saturated heterocycles. The molecular weight excluding hydrogens is 391 g/mol. The van der Waals surface area contributed by atoms with Crippen LogP contribution in [0.4, 0.5) is 10.2 Å². The van der Waals surface area contributed by atoms with E-state index >= 15 is 0 Å². The van der Waals surface area contributed by atoms with Gasteiger partial charge >= 0.3 is 0 Å². The number of aldehydes is 1.